The van der Waals surface area contributed by atoms with Gasteiger partial charge in [0.05, 0.1) is 27.7 Å². The molecular formula is C47H96NO7P. The first-order valence-electron chi connectivity index (χ1n) is 24.3. The van der Waals surface area contributed by atoms with Crippen LogP contribution in [0.2, 0.25) is 0 Å². The smallest absolute Gasteiger partial charge is 0.305 e. The summed E-state index contributed by atoms with van der Waals surface area (Å²) in [6.07, 6.45) is 48.9. The van der Waals surface area contributed by atoms with Gasteiger partial charge in [-0.15, -0.1) is 0 Å². The standard InChI is InChI=1S/C47H96NO7P/c1-5-6-7-8-9-10-11-12-13-14-15-16-17-18-19-20-21-22-23-24-25-26-27-28-29-30-31-32-33-34-35-36-37-38-39-40-41-47(50)53-44-46(49)45-55-56(51,52)54-43-42-48(2,3)4/h46,49H,5-45H2,1-4H3. The zero-order valence-electron chi connectivity index (χ0n) is 37.9. The fourth-order valence-corrected chi connectivity index (χ4v) is 8.04. The van der Waals surface area contributed by atoms with Crippen molar-refractivity contribution < 1.29 is 37.6 Å². The van der Waals surface area contributed by atoms with Gasteiger partial charge in [-0.3, -0.25) is 9.36 Å². The Morgan fingerprint density at radius 2 is 0.786 bits per heavy atom. The molecule has 9 heteroatoms. The van der Waals surface area contributed by atoms with Crippen LogP contribution in [-0.2, 0) is 23.1 Å². The summed E-state index contributed by atoms with van der Waals surface area (Å²) in [5.74, 6) is -0.380. The highest BCUT2D eigenvalue weighted by molar-refractivity contribution is 7.45. The maximum atomic E-state index is 11.9. The zero-order chi connectivity index (χ0) is 41.3. The van der Waals surface area contributed by atoms with Gasteiger partial charge in [0.15, 0.2) is 0 Å². The van der Waals surface area contributed by atoms with Crippen molar-refractivity contribution in [1.82, 2.24) is 0 Å². The Morgan fingerprint density at radius 1 is 0.500 bits per heavy atom. The van der Waals surface area contributed by atoms with E-state index in [1.165, 1.54) is 212 Å². The summed E-state index contributed by atoms with van der Waals surface area (Å²) in [7, 11) is 1.27. The molecular weight excluding hydrogens is 721 g/mol. The summed E-state index contributed by atoms with van der Waals surface area (Å²) >= 11 is 0. The first kappa shape index (κ1) is 55.5. The van der Waals surface area contributed by atoms with E-state index in [4.69, 9.17) is 13.8 Å². The number of ether oxygens (including phenoxy) is 1. The normalized spacial score (nSPS) is 13.6. The highest BCUT2D eigenvalue weighted by atomic mass is 31.2. The number of aliphatic hydroxyl groups excluding tert-OH is 1. The third-order valence-electron chi connectivity index (χ3n) is 11.1. The van der Waals surface area contributed by atoms with Gasteiger partial charge in [0.25, 0.3) is 7.82 Å². The first-order chi connectivity index (χ1) is 27.1. The zero-order valence-corrected chi connectivity index (χ0v) is 38.8. The third kappa shape index (κ3) is 46.2. The van der Waals surface area contributed by atoms with Gasteiger partial charge >= 0.3 is 5.97 Å². The van der Waals surface area contributed by atoms with Crippen LogP contribution in [0.5, 0.6) is 0 Å². The lowest BCUT2D eigenvalue weighted by Gasteiger charge is -2.27. The number of esters is 1. The SMILES string of the molecule is CCCCCCCCCCCCCCCCCCCCCCCCCCCCCCCCCCCCCCC(=O)OCC(O)COP(=O)([O-])OCC[N+](C)(C)C. The molecule has 0 rings (SSSR count). The number of quaternary nitrogens is 1. The molecule has 336 valence electrons. The Bertz CT molecular complexity index is 868. The lowest BCUT2D eigenvalue weighted by molar-refractivity contribution is -0.870. The Hall–Kier alpha value is -0.500. The Balaban J connectivity index is 3.27. The third-order valence-corrected chi connectivity index (χ3v) is 12.1. The van der Waals surface area contributed by atoms with Crippen molar-refractivity contribution in [2.24, 2.45) is 0 Å². The highest BCUT2D eigenvalue weighted by Gasteiger charge is 2.17. The van der Waals surface area contributed by atoms with Crippen molar-refractivity contribution in [2.45, 2.75) is 251 Å². The fraction of sp³-hybridized carbons (Fsp3) is 0.979. The first-order valence-corrected chi connectivity index (χ1v) is 25.8. The molecule has 0 aromatic rings. The number of aliphatic hydroxyl groups is 1. The molecule has 0 aliphatic rings. The van der Waals surface area contributed by atoms with Crippen LogP contribution < -0.4 is 4.89 Å². The molecule has 0 heterocycles. The minimum atomic E-state index is -4.50. The number of nitrogens with zero attached hydrogens (tertiary/aromatic N) is 1. The molecule has 1 N–H and O–H groups in total. The summed E-state index contributed by atoms with van der Waals surface area (Å²) in [4.78, 5) is 23.7. The molecule has 56 heavy (non-hydrogen) atoms. The molecule has 2 atom stereocenters. The second kappa shape index (κ2) is 41.2. The molecule has 0 aromatic heterocycles. The number of hydrogen-bond donors (Lipinski definition) is 1. The largest absolute Gasteiger partial charge is 0.756 e. The van der Waals surface area contributed by atoms with Gasteiger partial charge in [-0.1, -0.05) is 232 Å². The lowest BCUT2D eigenvalue weighted by Crippen LogP contribution is -2.37. The van der Waals surface area contributed by atoms with Crippen LogP contribution in [0.4, 0.5) is 0 Å². The van der Waals surface area contributed by atoms with E-state index in [1.807, 2.05) is 21.1 Å². The minimum Gasteiger partial charge on any atom is -0.756 e. The molecule has 0 aliphatic carbocycles. The van der Waals surface area contributed by atoms with Crippen LogP contribution >= 0.6 is 7.82 Å². The second-order valence-corrected chi connectivity index (χ2v) is 19.5. The molecule has 0 saturated heterocycles. The van der Waals surface area contributed by atoms with E-state index in [2.05, 4.69) is 6.92 Å². The summed E-state index contributed by atoms with van der Waals surface area (Å²) in [6, 6.07) is 0. The van der Waals surface area contributed by atoms with E-state index in [9.17, 15) is 19.4 Å². The highest BCUT2D eigenvalue weighted by Crippen LogP contribution is 2.38. The van der Waals surface area contributed by atoms with Gasteiger partial charge < -0.3 is 28.3 Å². The quantitative estimate of drug-likeness (QED) is 0.0282. The number of phosphoric ester groups is 1. The van der Waals surface area contributed by atoms with Crippen LogP contribution in [0.3, 0.4) is 0 Å². The number of carbonyl (C=O) groups excluding carboxylic acids is 1. The van der Waals surface area contributed by atoms with Crippen molar-refractivity contribution in [3.8, 4) is 0 Å². The second-order valence-electron chi connectivity index (χ2n) is 18.1. The van der Waals surface area contributed by atoms with Crippen molar-refractivity contribution in [3.63, 3.8) is 0 Å². The van der Waals surface area contributed by atoms with Crippen molar-refractivity contribution in [1.29, 1.82) is 0 Å². The van der Waals surface area contributed by atoms with Crippen LogP contribution in [0, 0.1) is 0 Å². The molecule has 8 nitrogen and oxygen atoms in total. The predicted molar refractivity (Wildman–Crippen MR) is 236 cm³/mol. The van der Waals surface area contributed by atoms with Gasteiger partial charge in [-0.25, -0.2) is 0 Å². The lowest BCUT2D eigenvalue weighted by atomic mass is 10.0. The Morgan fingerprint density at radius 3 is 1.07 bits per heavy atom. The molecule has 0 aromatic carbocycles. The molecule has 0 amide bonds. The van der Waals surface area contributed by atoms with Crippen molar-refractivity contribution >= 4 is 13.8 Å². The number of unbranched alkanes of at least 4 members (excludes halogenated alkanes) is 35. The van der Waals surface area contributed by atoms with E-state index in [0.717, 1.165) is 19.3 Å². The Labute approximate surface area is 348 Å². The van der Waals surface area contributed by atoms with Crippen molar-refractivity contribution in [3.05, 3.63) is 0 Å². The van der Waals surface area contributed by atoms with Gasteiger partial charge in [0.1, 0.15) is 25.9 Å². The summed E-state index contributed by atoms with van der Waals surface area (Å²) < 4.78 is 26.9. The van der Waals surface area contributed by atoms with Gasteiger partial charge in [-0.05, 0) is 6.42 Å². The number of phosphoric acid groups is 1. The van der Waals surface area contributed by atoms with Gasteiger partial charge in [0, 0.05) is 6.42 Å². The number of rotatable bonds is 46. The topological polar surface area (TPSA) is 105 Å². The maximum Gasteiger partial charge on any atom is 0.305 e. The fourth-order valence-electron chi connectivity index (χ4n) is 7.30. The molecule has 0 bridgehead atoms. The maximum absolute atomic E-state index is 11.9. The van der Waals surface area contributed by atoms with E-state index < -0.39 is 20.5 Å². The van der Waals surface area contributed by atoms with Crippen LogP contribution in [0.1, 0.15) is 244 Å². The molecule has 0 spiro atoms. The summed E-state index contributed by atoms with van der Waals surface area (Å²) in [5.41, 5.74) is 0. The summed E-state index contributed by atoms with van der Waals surface area (Å²) in [6.45, 7) is 1.99. The molecule has 2 unspecified atom stereocenters. The molecule has 0 aliphatic heterocycles. The van der Waals surface area contributed by atoms with Gasteiger partial charge in [0.2, 0.25) is 0 Å². The van der Waals surface area contributed by atoms with E-state index >= 15 is 0 Å². The average molecular weight is 818 g/mol. The minimum absolute atomic E-state index is 0.00483. The predicted octanol–water partition coefficient (Wildman–Crippen LogP) is 13.6. The van der Waals surface area contributed by atoms with Gasteiger partial charge in [-0.2, -0.15) is 0 Å². The monoisotopic (exact) mass is 818 g/mol. The number of hydrogen-bond acceptors (Lipinski definition) is 7. The number of likely N-dealkylation sites (N-methyl/N-ethyl adjacent to an activating group) is 1. The van der Waals surface area contributed by atoms with E-state index in [1.54, 1.807) is 0 Å². The van der Waals surface area contributed by atoms with E-state index in [0.29, 0.717) is 17.4 Å². The molecule has 0 fully saturated rings. The number of carbonyl (C=O) groups is 1. The molecule has 0 saturated carbocycles. The summed E-state index contributed by atoms with van der Waals surface area (Å²) in [5, 5.41) is 9.90. The van der Waals surface area contributed by atoms with Crippen LogP contribution in [-0.4, -0.2) is 69.2 Å². The van der Waals surface area contributed by atoms with E-state index in [-0.39, 0.29) is 19.2 Å². The average Bonchev–Trinajstić information content (AvgIpc) is 3.15. The van der Waals surface area contributed by atoms with Crippen molar-refractivity contribution in [2.75, 3.05) is 47.5 Å². The Kier molecular flexibility index (Phi) is 40.9. The molecule has 0 radical (unpaired) electrons. The van der Waals surface area contributed by atoms with Crippen LogP contribution in [0.25, 0.3) is 0 Å². The van der Waals surface area contributed by atoms with Crippen LogP contribution in [0.15, 0.2) is 0 Å².